The van der Waals surface area contributed by atoms with E-state index in [0.717, 1.165) is 12.8 Å². The Morgan fingerprint density at radius 3 is 3.05 bits per heavy atom. The summed E-state index contributed by atoms with van der Waals surface area (Å²) in [6, 6.07) is 5.13. The van der Waals surface area contributed by atoms with Gasteiger partial charge in [-0.15, -0.1) is 0 Å². The van der Waals surface area contributed by atoms with Crippen LogP contribution in [0.4, 0.5) is 4.39 Å². The van der Waals surface area contributed by atoms with Gasteiger partial charge in [0.15, 0.2) is 0 Å². The molecule has 1 aliphatic carbocycles. The molecule has 2 fully saturated rings. The van der Waals surface area contributed by atoms with Crippen LogP contribution in [0.3, 0.4) is 0 Å². The van der Waals surface area contributed by atoms with E-state index >= 15 is 0 Å². The zero-order valence-corrected chi connectivity index (χ0v) is 11.4. The number of amides is 1. The summed E-state index contributed by atoms with van der Waals surface area (Å²) in [6.07, 6.45) is 2.02. The Morgan fingerprint density at radius 1 is 1.58 bits per heavy atom. The highest BCUT2D eigenvalue weighted by Crippen LogP contribution is 2.53. The number of carbonyl (C=O) groups excluding carboxylic acids is 1. The second-order valence-electron chi connectivity index (χ2n) is 5.76. The Hall–Kier alpha value is -1.13. The van der Waals surface area contributed by atoms with Crippen LogP contribution < -0.4 is 10.6 Å². The van der Waals surface area contributed by atoms with Crippen LogP contribution in [-0.4, -0.2) is 18.0 Å². The van der Waals surface area contributed by atoms with E-state index in [4.69, 9.17) is 11.6 Å². The largest absolute Gasteiger partial charge is 0.351 e. The summed E-state index contributed by atoms with van der Waals surface area (Å²) in [5.74, 6) is -0.522. The maximum absolute atomic E-state index is 13.7. The van der Waals surface area contributed by atoms with Crippen molar-refractivity contribution in [3.63, 3.8) is 0 Å². The maximum Gasteiger partial charge on any atom is 0.237 e. The Kier molecular flexibility index (Phi) is 3.02. The van der Waals surface area contributed by atoms with Gasteiger partial charge in [-0.3, -0.25) is 4.79 Å². The number of fused-ring (bicyclic) bond motifs is 1. The lowest BCUT2D eigenvalue weighted by molar-refractivity contribution is -0.123. The fourth-order valence-electron chi connectivity index (χ4n) is 2.82. The van der Waals surface area contributed by atoms with Gasteiger partial charge in [-0.25, -0.2) is 4.39 Å². The van der Waals surface area contributed by atoms with Crippen LogP contribution in [0, 0.1) is 11.2 Å². The number of carbonyl (C=O) groups is 1. The number of rotatable bonds is 3. The molecule has 0 radical (unpaired) electrons. The van der Waals surface area contributed by atoms with E-state index in [1.54, 1.807) is 12.1 Å². The quantitative estimate of drug-likeness (QED) is 0.893. The van der Waals surface area contributed by atoms with Crippen LogP contribution in [0.15, 0.2) is 18.2 Å². The number of piperidine rings is 1. The summed E-state index contributed by atoms with van der Waals surface area (Å²) >= 11 is 5.70. The summed E-state index contributed by atoms with van der Waals surface area (Å²) in [7, 11) is 0. The fraction of sp³-hybridized carbons (Fsp3) is 0.500. The van der Waals surface area contributed by atoms with Crippen molar-refractivity contribution in [1.82, 2.24) is 10.6 Å². The highest BCUT2D eigenvalue weighted by atomic mass is 35.5. The summed E-state index contributed by atoms with van der Waals surface area (Å²) < 4.78 is 13.7. The minimum Gasteiger partial charge on any atom is -0.351 e. The van der Waals surface area contributed by atoms with Crippen molar-refractivity contribution in [3.05, 3.63) is 34.6 Å². The summed E-state index contributed by atoms with van der Waals surface area (Å²) in [5, 5.41) is 6.15. The van der Waals surface area contributed by atoms with Crippen molar-refractivity contribution in [2.45, 2.75) is 38.4 Å². The van der Waals surface area contributed by atoms with E-state index in [0.29, 0.717) is 17.0 Å². The lowest BCUT2D eigenvalue weighted by atomic mass is 10.0. The number of halogens is 2. The van der Waals surface area contributed by atoms with Gasteiger partial charge < -0.3 is 10.6 Å². The van der Waals surface area contributed by atoms with Crippen molar-refractivity contribution >= 4 is 17.5 Å². The van der Waals surface area contributed by atoms with E-state index < -0.39 is 5.82 Å². The maximum atomic E-state index is 13.7. The van der Waals surface area contributed by atoms with E-state index in [-0.39, 0.29) is 23.5 Å². The first-order valence-electron chi connectivity index (χ1n) is 6.46. The smallest absolute Gasteiger partial charge is 0.237 e. The summed E-state index contributed by atoms with van der Waals surface area (Å²) in [5.41, 5.74) is 0.707. The molecule has 1 amide bonds. The highest BCUT2D eigenvalue weighted by molar-refractivity contribution is 6.30. The molecule has 102 valence electrons. The molecule has 0 spiro atoms. The van der Waals surface area contributed by atoms with Gasteiger partial charge in [0, 0.05) is 18.2 Å². The second kappa shape index (κ2) is 4.46. The molecule has 0 bridgehead atoms. The minimum atomic E-state index is -0.460. The lowest BCUT2D eigenvalue weighted by Crippen LogP contribution is -2.42. The highest BCUT2D eigenvalue weighted by Gasteiger charge is 2.57. The normalized spacial score (nSPS) is 31.9. The molecular formula is C14H16ClFN2O. The van der Waals surface area contributed by atoms with Crippen molar-refractivity contribution in [1.29, 1.82) is 0 Å². The van der Waals surface area contributed by atoms with E-state index in [2.05, 4.69) is 17.6 Å². The van der Waals surface area contributed by atoms with Gasteiger partial charge in [0.2, 0.25) is 5.91 Å². The van der Waals surface area contributed by atoms with Crippen LogP contribution >= 0.6 is 11.6 Å². The first-order chi connectivity index (χ1) is 8.99. The van der Waals surface area contributed by atoms with Crippen LogP contribution in [0.5, 0.6) is 0 Å². The van der Waals surface area contributed by atoms with Crippen molar-refractivity contribution in [2.75, 3.05) is 0 Å². The molecule has 3 atom stereocenters. The Labute approximate surface area is 116 Å². The van der Waals surface area contributed by atoms with E-state index in [9.17, 15) is 9.18 Å². The van der Waals surface area contributed by atoms with E-state index in [1.807, 2.05) is 0 Å². The van der Waals surface area contributed by atoms with Crippen LogP contribution in [0.1, 0.15) is 25.3 Å². The van der Waals surface area contributed by atoms with Gasteiger partial charge in [-0.2, -0.15) is 0 Å². The molecule has 0 aromatic heterocycles. The molecule has 2 N–H and O–H groups in total. The van der Waals surface area contributed by atoms with Crippen LogP contribution in [0.25, 0.3) is 0 Å². The van der Waals surface area contributed by atoms with Gasteiger partial charge in [0.05, 0.1) is 11.1 Å². The van der Waals surface area contributed by atoms with Gasteiger partial charge >= 0.3 is 0 Å². The first kappa shape index (κ1) is 12.9. The predicted molar refractivity (Wildman–Crippen MR) is 71.3 cm³/mol. The standard InChI is InChI=1S/C14H16ClFN2O/c1-14-5-10(18-11(14)6-14)13(19)17-7-8-3-2-4-9(15)12(8)16/h2-4,10-11,18H,5-7H2,1H3,(H,17,19)/t10-,11+,14-/m0/s1. The zero-order chi connectivity index (χ0) is 13.6. The van der Waals surface area contributed by atoms with Crippen LogP contribution in [0.2, 0.25) is 5.02 Å². The third kappa shape index (κ3) is 2.35. The lowest BCUT2D eigenvalue weighted by Gasteiger charge is -2.14. The van der Waals surface area contributed by atoms with Gasteiger partial charge in [0.25, 0.3) is 0 Å². The second-order valence-corrected chi connectivity index (χ2v) is 6.17. The minimum absolute atomic E-state index is 0.0622. The first-order valence-corrected chi connectivity index (χ1v) is 6.84. The molecule has 3 rings (SSSR count). The van der Waals surface area contributed by atoms with Gasteiger partial charge in [-0.1, -0.05) is 30.7 Å². The SMILES string of the molecule is C[C@@]12C[C@@H](C(=O)NCc3cccc(Cl)c3F)N[C@@H]1C2. The summed E-state index contributed by atoms with van der Waals surface area (Å²) in [4.78, 5) is 12.0. The van der Waals surface area contributed by atoms with Crippen molar-refractivity contribution < 1.29 is 9.18 Å². The molecule has 1 aromatic rings. The van der Waals surface area contributed by atoms with Crippen molar-refractivity contribution in [2.24, 2.45) is 5.41 Å². The van der Waals surface area contributed by atoms with Crippen molar-refractivity contribution in [3.8, 4) is 0 Å². The molecule has 5 heteroatoms. The molecule has 19 heavy (non-hydrogen) atoms. The van der Waals surface area contributed by atoms with Gasteiger partial charge in [-0.05, 0) is 24.3 Å². The Morgan fingerprint density at radius 2 is 2.37 bits per heavy atom. The third-order valence-electron chi connectivity index (χ3n) is 4.23. The number of nitrogens with one attached hydrogen (secondary N) is 2. The molecule has 3 nitrogen and oxygen atoms in total. The summed E-state index contributed by atoms with van der Waals surface area (Å²) in [6.45, 7) is 2.36. The predicted octanol–water partition coefficient (Wildman–Crippen LogP) is 2.24. The molecule has 2 aliphatic rings. The molecule has 1 aliphatic heterocycles. The monoisotopic (exact) mass is 282 g/mol. The number of benzene rings is 1. The zero-order valence-electron chi connectivity index (χ0n) is 10.7. The average molecular weight is 283 g/mol. The Balaban J connectivity index is 1.58. The molecule has 1 saturated heterocycles. The topological polar surface area (TPSA) is 41.1 Å². The van der Waals surface area contributed by atoms with Crippen LogP contribution in [-0.2, 0) is 11.3 Å². The molecule has 1 heterocycles. The molecule has 1 aromatic carbocycles. The molecule has 1 saturated carbocycles. The fourth-order valence-corrected chi connectivity index (χ4v) is 3.01. The number of hydrogen-bond acceptors (Lipinski definition) is 2. The van der Waals surface area contributed by atoms with Gasteiger partial charge in [0.1, 0.15) is 5.82 Å². The molecule has 0 unspecified atom stereocenters. The molecular weight excluding hydrogens is 267 g/mol. The average Bonchev–Trinajstić information content (AvgIpc) is 2.89. The number of hydrogen-bond donors (Lipinski definition) is 2. The third-order valence-corrected chi connectivity index (χ3v) is 4.52. The van der Waals surface area contributed by atoms with E-state index in [1.165, 1.54) is 6.07 Å². The Bertz CT molecular complexity index is 536.